The summed E-state index contributed by atoms with van der Waals surface area (Å²) in [5.74, 6) is 0. The topological polar surface area (TPSA) is 83.1 Å². The molecule has 19 heavy (non-hydrogen) atoms. The summed E-state index contributed by atoms with van der Waals surface area (Å²) in [6.45, 7) is 0.443. The zero-order chi connectivity index (χ0) is 13.5. The molecule has 2 heterocycles. The van der Waals surface area contributed by atoms with Gasteiger partial charge in [0.15, 0.2) is 5.03 Å². The number of hydrogen-bond acceptors (Lipinski definition) is 4. The number of allylic oxidation sites excluding steroid dienone is 2. The van der Waals surface area contributed by atoms with Gasteiger partial charge in [0, 0.05) is 12.6 Å². The molecule has 0 atom stereocenters. The van der Waals surface area contributed by atoms with Crippen molar-refractivity contribution in [3.8, 4) is 0 Å². The summed E-state index contributed by atoms with van der Waals surface area (Å²) < 4.78 is 26.3. The number of aromatic amines is 1. The van der Waals surface area contributed by atoms with Crippen molar-refractivity contribution in [2.45, 2.75) is 24.3 Å². The summed E-state index contributed by atoms with van der Waals surface area (Å²) >= 11 is 0. The van der Waals surface area contributed by atoms with Gasteiger partial charge in [0.1, 0.15) is 0 Å². The van der Waals surface area contributed by atoms with Gasteiger partial charge in [0.25, 0.3) is 15.6 Å². The van der Waals surface area contributed by atoms with Crippen LogP contribution in [0.3, 0.4) is 0 Å². The predicted molar refractivity (Wildman–Crippen MR) is 68.8 cm³/mol. The van der Waals surface area contributed by atoms with Crippen molar-refractivity contribution in [1.82, 2.24) is 14.5 Å². The van der Waals surface area contributed by atoms with E-state index < -0.39 is 15.6 Å². The molecule has 0 unspecified atom stereocenters. The van der Waals surface area contributed by atoms with E-state index in [0.29, 0.717) is 6.54 Å². The number of aromatic nitrogens is 2. The molecule has 0 radical (unpaired) electrons. The van der Waals surface area contributed by atoms with Crippen LogP contribution in [0.5, 0.6) is 0 Å². The van der Waals surface area contributed by atoms with Gasteiger partial charge in [-0.05, 0) is 37.0 Å². The minimum Gasteiger partial charge on any atom is -0.268 e. The van der Waals surface area contributed by atoms with Crippen LogP contribution in [0, 0.1) is 0 Å². The quantitative estimate of drug-likeness (QED) is 0.866. The Balaban J connectivity index is 2.02. The Morgan fingerprint density at radius 2 is 2.11 bits per heavy atom. The highest BCUT2D eigenvalue weighted by molar-refractivity contribution is 7.89. The molecular formula is C12H13N3O3S. The van der Waals surface area contributed by atoms with Gasteiger partial charge < -0.3 is 0 Å². The van der Waals surface area contributed by atoms with Crippen molar-refractivity contribution in [1.29, 1.82) is 0 Å². The summed E-state index contributed by atoms with van der Waals surface area (Å²) in [7, 11) is -3.68. The maximum Gasteiger partial charge on any atom is 0.283 e. The van der Waals surface area contributed by atoms with Crippen molar-refractivity contribution in [2.24, 2.45) is 0 Å². The van der Waals surface area contributed by atoms with Crippen molar-refractivity contribution in [3.63, 3.8) is 0 Å². The number of hydrogen-bond donors (Lipinski definition) is 1. The average molecular weight is 279 g/mol. The SMILES string of the molecule is O=c1ccc(S(=O)(=O)N2CCC3=C2C=CCC3)n[nH]1. The van der Waals surface area contributed by atoms with Crippen LogP contribution in [0.15, 0.2) is 45.4 Å². The molecule has 100 valence electrons. The fraction of sp³-hybridized carbons (Fsp3) is 0.333. The van der Waals surface area contributed by atoms with E-state index in [1.54, 1.807) is 0 Å². The average Bonchev–Trinajstić information content (AvgIpc) is 2.83. The van der Waals surface area contributed by atoms with Gasteiger partial charge in [0.2, 0.25) is 0 Å². The first-order valence-corrected chi connectivity index (χ1v) is 7.50. The molecule has 0 spiro atoms. The molecule has 0 amide bonds. The first kappa shape index (κ1) is 12.2. The second-order valence-electron chi connectivity index (χ2n) is 4.52. The number of rotatable bonds is 2. The van der Waals surface area contributed by atoms with Gasteiger partial charge >= 0.3 is 0 Å². The predicted octanol–water partition coefficient (Wildman–Crippen LogP) is 0.768. The highest BCUT2D eigenvalue weighted by Gasteiger charge is 2.33. The zero-order valence-electron chi connectivity index (χ0n) is 10.2. The Kier molecular flexibility index (Phi) is 2.78. The summed E-state index contributed by atoms with van der Waals surface area (Å²) in [5.41, 5.74) is 1.52. The summed E-state index contributed by atoms with van der Waals surface area (Å²) in [6, 6.07) is 2.40. The van der Waals surface area contributed by atoms with E-state index in [1.165, 1.54) is 22.0 Å². The van der Waals surface area contributed by atoms with Crippen LogP contribution < -0.4 is 5.56 Å². The largest absolute Gasteiger partial charge is 0.283 e. The monoisotopic (exact) mass is 279 g/mol. The normalized spacial score (nSPS) is 18.8. The van der Waals surface area contributed by atoms with Crippen LogP contribution in [0.2, 0.25) is 0 Å². The highest BCUT2D eigenvalue weighted by atomic mass is 32.2. The van der Waals surface area contributed by atoms with E-state index >= 15 is 0 Å². The molecule has 1 aromatic rings. The Morgan fingerprint density at radius 1 is 1.26 bits per heavy atom. The second kappa shape index (κ2) is 4.34. The molecular weight excluding hydrogens is 266 g/mol. The smallest absolute Gasteiger partial charge is 0.268 e. The molecule has 0 saturated heterocycles. The zero-order valence-corrected chi connectivity index (χ0v) is 11.0. The van der Waals surface area contributed by atoms with Gasteiger partial charge in [-0.1, -0.05) is 6.08 Å². The van der Waals surface area contributed by atoms with E-state index in [2.05, 4.69) is 10.2 Å². The van der Waals surface area contributed by atoms with E-state index in [9.17, 15) is 13.2 Å². The van der Waals surface area contributed by atoms with E-state index in [1.807, 2.05) is 12.2 Å². The summed E-state index contributed by atoms with van der Waals surface area (Å²) in [4.78, 5) is 11.0. The molecule has 2 aliphatic rings. The molecule has 3 rings (SSSR count). The number of nitrogens with zero attached hydrogens (tertiary/aromatic N) is 2. The molecule has 1 aliphatic carbocycles. The standard InChI is InChI=1S/C12H13N3O3S/c16-11-5-6-12(14-13-11)19(17,18)15-8-7-9-3-1-2-4-10(9)15/h2,4-6H,1,3,7-8H2,(H,13,16). The molecule has 0 aromatic carbocycles. The third-order valence-electron chi connectivity index (χ3n) is 3.34. The van der Waals surface area contributed by atoms with Gasteiger partial charge in [-0.3, -0.25) is 9.10 Å². The minimum atomic E-state index is -3.68. The van der Waals surface area contributed by atoms with Crippen LogP contribution in [0.1, 0.15) is 19.3 Å². The lowest BCUT2D eigenvalue weighted by atomic mass is 10.0. The van der Waals surface area contributed by atoms with Gasteiger partial charge in [-0.25, -0.2) is 5.10 Å². The van der Waals surface area contributed by atoms with Crippen molar-refractivity contribution >= 4 is 10.0 Å². The molecule has 1 N–H and O–H groups in total. The van der Waals surface area contributed by atoms with E-state index in [4.69, 9.17) is 0 Å². The maximum atomic E-state index is 12.5. The van der Waals surface area contributed by atoms with Gasteiger partial charge in [0.05, 0.1) is 5.70 Å². The highest BCUT2D eigenvalue weighted by Crippen LogP contribution is 2.34. The molecule has 0 bridgehead atoms. The molecule has 7 heteroatoms. The summed E-state index contributed by atoms with van der Waals surface area (Å²) in [6.07, 6.45) is 6.48. The first-order valence-electron chi connectivity index (χ1n) is 6.06. The molecule has 1 aromatic heterocycles. The Labute approximate surface area is 110 Å². The lowest BCUT2D eigenvalue weighted by Crippen LogP contribution is -2.29. The number of sulfonamides is 1. The molecule has 1 aliphatic heterocycles. The van der Waals surface area contributed by atoms with Gasteiger partial charge in [-0.2, -0.15) is 13.5 Å². The molecule has 6 nitrogen and oxygen atoms in total. The molecule has 0 saturated carbocycles. The van der Waals surface area contributed by atoms with Crippen molar-refractivity contribution < 1.29 is 8.42 Å². The van der Waals surface area contributed by atoms with Crippen molar-refractivity contribution in [3.05, 3.63) is 45.9 Å². The second-order valence-corrected chi connectivity index (χ2v) is 6.33. The summed E-state index contributed by atoms with van der Waals surface area (Å²) in [5, 5.41) is 5.65. The van der Waals surface area contributed by atoms with Crippen LogP contribution in [-0.4, -0.2) is 29.5 Å². The van der Waals surface area contributed by atoms with Crippen LogP contribution >= 0.6 is 0 Å². The lowest BCUT2D eigenvalue weighted by molar-refractivity contribution is 0.500. The lowest BCUT2D eigenvalue weighted by Gasteiger charge is -2.20. The van der Waals surface area contributed by atoms with E-state index in [-0.39, 0.29) is 5.03 Å². The fourth-order valence-electron chi connectivity index (χ4n) is 2.41. The maximum absolute atomic E-state index is 12.5. The van der Waals surface area contributed by atoms with E-state index in [0.717, 1.165) is 25.0 Å². The van der Waals surface area contributed by atoms with Crippen LogP contribution in [-0.2, 0) is 10.0 Å². The Morgan fingerprint density at radius 3 is 2.84 bits per heavy atom. The number of nitrogens with one attached hydrogen (secondary N) is 1. The first-order chi connectivity index (χ1) is 9.09. The third-order valence-corrected chi connectivity index (χ3v) is 5.06. The van der Waals surface area contributed by atoms with Crippen LogP contribution in [0.4, 0.5) is 0 Å². The van der Waals surface area contributed by atoms with Crippen molar-refractivity contribution in [2.75, 3.05) is 6.54 Å². The minimum absolute atomic E-state index is 0.125. The molecule has 0 fully saturated rings. The van der Waals surface area contributed by atoms with Crippen LogP contribution in [0.25, 0.3) is 0 Å². The number of H-pyrrole nitrogens is 1. The third kappa shape index (κ3) is 1.99. The Hall–Kier alpha value is -1.89. The fourth-order valence-corrected chi connectivity index (χ4v) is 3.81. The Bertz CT molecular complexity index is 710. The van der Waals surface area contributed by atoms with Gasteiger partial charge in [-0.15, -0.1) is 0 Å².